The van der Waals surface area contributed by atoms with Gasteiger partial charge in [0.05, 0.1) is 17.6 Å². The molecule has 0 spiro atoms. The number of aromatic nitrogens is 2. The summed E-state index contributed by atoms with van der Waals surface area (Å²) in [6.45, 7) is 6.70. The van der Waals surface area contributed by atoms with Crippen molar-refractivity contribution in [1.29, 1.82) is 0 Å². The number of nitrogens with zero attached hydrogens (tertiary/aromatic N) is 2. The van der Waals surface area contributed by atoms with E-state index in [0.717, 1.165) is 11.4 Å². The Bertz CT molecular complexity index is 734. The Morgan fingerprint density at radius 2 is 1.48 bits per heavy atom. The van der Waals surface area contributed by atoms with E-state index in [1.54, 1.807) is 0 Å². The van der Waals surface area contributed by atoms with Gasteiger partial charge in [0, 0.05) is 5.56 Å². The summed E-state index contributed by atoms with van der Waals surface area (Å²) in [6.07, 6.45) is 1.86. The lowest BCUT2D eigenvalue weighted by molar-refractivity contribution is 0.583. The van der Waals surface area contributed by atoms with Crippen LogP contribution in [0.1, 0.15) is 26.3 Å². The first-order valence-electron chi connectivity index (χ1n) is 7.27. The number of hydrogen-bond donors (Lipinski definition) is 0. The highest BCUT2D eigenvalue weighted by Gasteiger charge is 2.20. The topological polar surface area (TPSA) is 17.8 Å². The van der Waals surface area contributed by atoms with Crippen LogP contribution in [0, 0.1) is 0 Å². The molecule has 0 N–H and O–H groups in total. The number of rotatable bonds is 2. The maximum absolute atomic E-state index is 4.55. The van der Waals surface area contributed by atoms with Crippen molar-refractivity contribution in [3.8, 4) is 16.9 Å². The summed E-state index contributed by atoms with van der Waals surface area (Å²) >= 11 is 0. The number of para-hydroxylation sites is 1. The first-order valence-corrected chi connectivity index (χ1v) is 7.27. The summed E-state index contributed by atoms with van der Waals surface area (Å²) in [5, 5.41) is 4.55. The second-order valence-electron chi connectivity index (χ2n) is 6.26. The fourth-order valence-corrected chi connectivity index (χ4v) is 2.62. The smallest absolute Gasteiger partial charge is 0.0741 e. The van der Waals surface area contributed by atoms with Gasteiger partial charge in [-0.2, -0.15) is 5.10 Å². The van der Waals surface area contributed by atoms with Crippen LogP contribution in [0.25, 0.3) is 16.9 Å². The molecule has 3 aromatic rings. The van der Waals surface area contributed by atoms with Crippen LogP contribution in [0.15, 0.2) is 66.9 Å². The predicted octanol–water partition coefficient (Wildman–Crippen LogP) is 4.84. The van der Waals surface area contributed by atoms with E-state index >= 15 is 0 Å². The zero-order valence-electron chi connectivity index (χ0n) is 12.7. The molecule has 0 saturated carbocycles. The molecule has 0 bridgehead atoms. The molecule has 0 aliphatic rings. The fraction of sp³-hybridized carbons (Fsp3) is 0.211. The van der Waals surface area contributed by atoms with E-state index in [2.05, 4.69) is 80.5 Å². The molecule has 0 aliphatic carbocycles. The molecule has 0 amide bonds. The van der Waals surface area contributed by atoms with Crippen LogP contribution >= 0.6 is 0 Å². The maximum atomic E-state index is 4.55. The second-order valence-corrected chi connectivity index (χ2v) is 6.26. The SMILES string of the molecule is CC(C)(C)c1ccccc1-n1nccc1-c1ccccc1. The molecule has 21 heavy (non-hydrogen) atoms. The molecule has 1 aromatic heterocycles. The van der Waals surface area contributed by atoms with Gasteiger partial charge in [-0.1, -0.05) is 69.3 Å². The Balaban J connectivity index is 2.18. The van der Waals surface area contributed by atoms with Gasteiger partial charge in [0.1, 0.15) is 0 Å². The van der Waals surface area contributed by atoms with E-state index in [1.165, 1.54) is 11.1 Å². The highest BCUT2D eigenvalue weighted by atomic mass is 15.3. The largest absolute Gasteiger partial charge is 0.233 e. The van der Waals surface area contributed by atoms with Crippen molar-refractivity contribution >= 4 is 0 Å². The van der Waals surface area contributed by atoms with Crippen LogP contribution in [0.2, 0.25) is 0 Å². The molecular formula is C19H20N2. The standard InChI is InChI=1S/C19H20N2/c1-19(2,3)16-11-7-8-12-18(16)21-17(13-14-20-21)15-9-5-4-6-10-15/h4-14H,1-3H3. The van der Waals surface area contributed by atoms with Crippen LogP contribution in [0.5, 0.6) is 0 Å². The highest BCUT2D eigenvalue weighted by Crippen LogP contribution is 2.30. The summed E-state index contributed by atoms with van der Waals surface area (Å²) < 4.78 is 2.04. The lowest BCUT2D eigenvalue weighted by atomic mass is 9.86. The summed E-state index contributed by atoms with van der Waals surface area (Å²) in [5.41, 5.74) is 4.82. The predicted molar refractivity (Wildman–Crippen MR) is 87.7 cm³/mol. The van der Waals surface area contributed by atoms with E-state index in [1.807, 2.05) is 16.9 Å². The van der Waals surface area contributed by atoms with Crippen molar-refractivity contribution in [3.05, 3.63) is 72.4 Å². The average Bonchev–Trinajstić information content (AvgIpc) is 2.96. The number of benzene rings is 2. The molecular weight excluding hydrogens is 256 g/mol. The average molecular weight is 276 g/mol. The minimum Gasteiger partial charge on any atom is -0.233 e. The molecule has 3 rings (SSSR count). The molecule has 2 heteroatoms. The Morgan fingerprint density at radius 3 is 2.19 bits per heavy atom. The van der Waals surface area contributed by atoms with E-state index in [9.17, 15) is 0 Å². The van der Waals surface area contributed by atoms with Gasteiger partial charge in [0.25, 0.3) is 0 Å². The van der Waals surface area contributed by atoms with Gasteiger partial charge in [-0.25, -0.2) is 4.68 Å². The van der Waals surface area contributed by atoms with Crippen molar-refractivity contribution in [2.24, 2.45) is 0 Å². The number of hydrogen-bond acceptors (Lipinski definition) is 1. The molecule has 0 radical (unpaired) electrons. The monoisotopic (exact) mass is 276 g/mol. The van der Waals surface area contributed by atoms with Crippen LogP contribution in [-0.4, -0.2) is 9.78 Å². The molecule has 0 aliphatic heterocycles. The van der Waals surface area contributed by atoms with E-state index in [-0.39, 0.29) is 5.41 Å². The third-order valence-corrected chi connectivity index (χ3v) is 3.65. The van der Waals surface area contributed by atoms with Gasteiger partial charge < -0.3 is 0 Å². The molecule has 0 fully saturated rings. The maximum Gasteiger partial charge on any atom is 0.0741 e. The van der Waals surface area contributed by atoms with E-state index < -0.39 is 0 Å². The minimum atomic E-state index is 0.0799. The van der Waals surface area contributed by atoms with Crippen molar-refractivity contribution in [3.63, 3.8) is 0 Å². The van der Waals surface area contributed by atoms with Crippen molar-refractivity contribution < 1.29 is 0 Å². The Morgan fingerprint density at radius 1 is 0.810 bits per heavy atom. The van der Waals surface area contributed by atoms with Gasteiger partial charge in [0.2, 0.25) is 0 Å². The van der Waals surface area contributed by atoms with E-state index in [4.69, 9.17) is 0 Å². The lowest BCUT2D eigenvalue weighted by Gasteiger charge is -2.23. The molecule has 2 aromatic carbocycles. The van der Waals surface area contributed by atoms with Crippen LogP contribution in [0.4, 0.5) is 0 Å². The summed E-state index contributed by atoms with van der Waals surface area (Å²) in [6, 6.07) is 20.9. The van der Waals surface area contributed by atoms with E-state index in [0.29, 0.717) is 0 Å². The van der Waals surface area contributed by atoms with Crippen LogP contribution < -0.4 is 0 Å². The third-order valence-electron chi connectivity index (χ3n) is 3.65. The van der Waals surface area contributed by atoms with Gasteiger partial charge in [-0.3, -0.25) is 0 Å². The zero-order chi connectivity index (χ0) is 14.9. The molecule has 0 saturated heterocycles. The first kappa shape index (κ1) is 13.6. The quantitative estimate of drug-likeness (QED) is 0.655. The normalized spacial score (nSPS) is 11.6. The van der Waals surface area contributed by atoms with Gasteiger partial charge in [-0.15, -0.1) is 0 Å². The lowest BCUT2D eigenvalue weighted by Crippen LogP contribution is -2.16. The van der Waals surface area contributed by atoms with Crippen LogP contribution in [-0.2, 0) is 5.41 Å². The Labute approximate surface area is 126 Å². The fourth-order valence-electron chi connectivity index (χ4n) is 2.62. The van der Waals surface area contributed by atoms with Gasteiger partial charge in [-0.05, 0) is 23.1 Å². The van der Waals surface area contributed by atoms with Gasteiger partial charge in [0.15, 0.2) is 0 Å². The zero-order valence-corrected chi connectivity index (χ0v) is 12.7. The molecule has 0 atom stereocenters. The van der Waals surface area contributed by atoms with Crippen molar-refractivity contribution in [2.75, 3.05) is 0 Å². The summed E-state index contributed by atoms with van der Waals surface area (Å²) in [7, 11) is 0. The molecule has 2 nitrogen and oxygen atoms in total. The Kier molecular flexibility index (Phi) is 3.38. The first-order chi connectivity index (χ1) is 10.1. The Hall–Kier alpha value is -2.35. The van der Waals surface area contributed by atoms with Gasteiger partial charge >= 0.3 is 0 Å². The second kappa shape index (κ2) is 5.21. The summed E-state index contributed by atoms with van der Waals surface area (Å²) in [4.78, 5) is 0. The van der Waals surface area contributed by atoms with Crippen molar-refractivity contribution in [2.45, 2.75) is 26.2 Å². The molecule has 106 valence electrons. The minimum absolute atomic E-state index is 0.0799. The highest BCUT2D eigenvalue weighted by molar-refractivity contribution is 5.62. The summed E-state index contributed by atoms with van der Waals surface area (Å²) in [5.74, 6) is 0. The van der Waals surface area contributed by atoms with Crippen molar-refractivity contribution in [1.82, 2.24) is 9.78 Å². The third kappa shape index (κ3) is 2.62. The molecule has 1 heterocycles. The molecule has 0 unspecified atom stereocenters. The van der Waals surface area contributed by atoms with Crippen LogP contribution in [0.3, 0.4) is 0 Å².